The Kier molecular flexibility index (Phi) is 5.20. The van der Waals surface area contributed by atoms with Crippen LogP contribution in [0, 0.1) is 13.8 Å². The van der Waals surface area contributed by atoms with Crippen LogP contribution in [-0.2, 0) is 11.3 Å². The van der Waals surface area contributed by atoms with E-state index in [9.17, 15) is 4.79 Å². The van der Waals surface area contributed by atoms with Crippen molar-refractivity contribution < 1.29 is 14.3 Å². The number of esters is 1. The highest BCUT2D eigenvalue weighted by atomic mass is 35.5. The molecule has 1 aromatic carbocycles. The SMILES string of the molecule is CCOC(=O)c1sc(COc2ccc(Cl)cc2C)nc1C. The van der Waals surface area contributed by atoms with Gasteiger partial charge in [-0.2, -0.15) is 0 Å². The predicted octanol–water partition coefficient (Wildman–Crippen LogP) is 4.17. The average molecular weight is 326 g/mol. The van der Waals surface area contributed by atoms with Gasteiger partial charge < -0.3 is 9.47 Å². The smallest absolute Gasteiger partial charge is 0.350 e. The summed E-state index contributed by atoms with van der Waals surface area (Å²) in [5.41, 5.74) is 1.63. The molecule has 2 rings (SSSR count). The van der Waals surface area contributed by atoms with Gasteiger partial charge >= 0.3 is 5.97 Å². The molecule has 0 N–H and O–H groups in total. The van der Waals surface area contributed by atoms with Crippen molar-refractivity contribution in [2.45, 2.75) is 27.4 Å². The number of benzene rings is 1. The van der Waals surface area contributed by atoms with Crippen molar-refractivity contribution in [3.05, 3.63) is 44.4 Å². The van der Waals surface area contributed by atoms with Crippen LogP contribution in [0.5, 0.6) is 5.75 Å². The Balaban J connectivity index is 2.07. The molecule has 0 atom stereocenters. The number of thiazole rings is 1. The van der Waals surface area contributed by atoms with E-state index in [4.69, 9.17) is 21.1 Å². The van der Waals surface area contributed by atoms with Crippen LogP contribution in [0.1, 0.15) is 32.9 Å². The number of ether oxygens (including phenoxy) is 2. The van der Waals surface area contributed by atoms with Crippen LogP contribution >= 0.6 is 22.9 Å². The molecular weight excluding hydrogens is 310 g/mol. The molecule has 1 heterocycles. The van der Waals surface area contributed by atoms with E-state index < -0.39 is 0 Å². The molecule has 0 aliphatic carbocycles. The lowest BCUT2D eigenvalue weighted by Crippen LogP contribution is -2.03. The number of aromatic nitrogens is 1. The molecule has 4 nitrogen and oxygen atoms in total. The van der Waals surface area contributed by atoms with Gasteiger partial charge in [-0.15, -0.1) is 11.3 Å². The Morgan fingerprint density at radius 2 is 2.14 bits per heavy atom. The third-order valence-electron chi connectivity index (χ3n) is 2.79. The van der Waals surface area contributed by atoms with E-state index in [-0.39, 0.29) is 5.97 Å². The Hall–Kier alpha value is -1.59. The van der Waals surface area contributed by atoms with Crippen molar-refractivity contribution in [1.29, 1.82) is 0 Å². The van der Waals surface area contributed by atoms with E-state index in [1.807, 2.05) is 19.1 Å². The normalized spacial score (nSPS) is 10.5. The van der Waals surface area contributed by atoms with Crippen LogP contribution < -0.4 is 4.74 Å². The summed E-state index contributed by atoms with van der Waals surface area (Å²) in [6.45, 7) is 6.17. The summed E-state index contributed by atoms with van der Waals surface area (Å²) in [4.78, 5) is 16.6. The molecule has 0 radical (unpaired) electrons. The minimum absolute atomic E-state index is 0.313. The quantitative estimate of drug-likeness (QED) is 0.774. The molecule has 0 saturated heterocycles. The van der Waals surface area contributed by atoms with Gasteiger partial charge in [0.2, 0.25) is 0 Å². The number of hydrogen-bond donors (Lipinski definition) is 0. The Bertz CT molecular complexity index is 654. The van der Waals surface area contributed by atoms with E-state index >= 15 is 0 Å². The van der Waals surface area contributed by atoms with Gasteiger partial charge in [-0.25, -0.2) is 9.78 Å². The van der Waals surface area contributed by atoms with Crippen molar-refractivity contribution >= 4 is 28.9 Å². The lowest BCUT2D eigenvalue weighted by atomic mass is 10.2. The maximum Gasteiger partial charge on any atom is 0.350 e. The first-order chi connectivity index (χ1) is 10.0. The van der Waals surface area contributed by atoms with Gasteiger partial charge in [-0.05, 0) is 44.5 Å². The molecule has 112 valence electrons. The van der Waals surface area contributed by atoms with Gasteiger partial charge in [0, 0.05) is 5.02 Å². The second-order valence-electron chi connectivity index (χ2n) is 4.44. The van der Waals surface area contributed by atoms with Gasteiger partial charge in [0.25, 0.3) is 0 Å². The minimum Gasteiger partial charge on any atom is -0.486 e. The van der Waals surface area contributed by atoms with Gasteiger partial charge in [0.1, 0.15) is 22.2 Å². The van der Waals surface area contributed by atoms with Crippen LogP contribution in [-0.4, -0.2) is 17.6 Å². The van der Waals surface area contributed by atoms with Crippen molar-refractivity contribution in [3.63, 3.8) is 0 Å². The Morgan fingerprint density at radius 3 is 2.81 bits per heavy atom. The number of carbonyl (C=O) groups is 1. The molecule has 1 aromatic heterocycles. The van der Waals surface area contributed by atoms with E-state index in [2.05, 4.69) is 4.98 Å². The van der Waals surface area contributed by atoms with Gasteiger partial charge in [0.05, 0.1) is 12.3 Å². The minimum atomic E-state index is -0.332. The molecule has 0 spiro atoms. The first-order valence-corrected chi connectivity index (χ1v) is 7.73. The zero-order valence-electron chi connectivity index (χ0n) is 12.1. The summed E-state index contributed by atoms with van der Waals surface area (Å²) < 4.78 is 10.7. The first-order valence-electron chi connectivity index (χ1n) is 6.53. The van der Waals surface area contributed by atoms with E-state index in [1.54, 1.807) is 19.9 Å². The number of hydrogen-bond acceptors (Lipinski definition) is 5. The third kappa shape index (κ3) is 3.95. The molecule has 0 aliphatic rings. The highest BCUT2D eigenvalue weighted by molar-refractivity contribution is 7.13. The molecule has 6 heteroatoms. The van der Waals surface area contributed by atoms with E-state index in [1.165, 1.54) is 11.3 Å². The third-order valence-corrected chi connectivity index (χ3v) is 4.14. The summed E-state index contributed by atoms with van der Waals surface area (Å²) >= 11 is 7.20. The predicted molar refractivity (Wildman–Crippen MR) is 83.3 cm³/mol. The number of nitrogens with zero attached hydrogens (tertiary/aromatic N) is 1. The number of halogens is 1. The standard InChI is InChI=1S/C15H16ClNO3S/c1-4-19-15(18)14-10(3)17-13(21-14)8-20-12-6-5-11(16)7-9(12)2/h5-7H,4,8H2,1-3H3. The maximum atomic E-state index is 11.7. The fraction of sp³-hybridized carbons (Fsp3) is 0.333. The maximum absolute atomic E-state index is 11.7. The van der Waals surface area contributed by atoms with Crippen LogP contribution in [0.2, 0.25) is 5.02 Å². The van der Waals surface area contributed by atoms with Crippen molar-refractivity contribution in [1.82, 2.24) is 4.98 Å². The van der Waals surface area contributed by atoms with Crippen molar-refractivity contribution in [3.8, 4) is 5.75 Å². The van der Waals surface area contributed by atoms with Crippen molar-refractivity contribution in [2.75, 3.05) is 6.61 Å². The molecule has 0 unspecified atom stereocenters. The Morgan fingerprint density at radius 1 is 1.38 bits per heavy atom. The van der Waals surface area contributed by atoms with Crippen LogP contribution in [0.3, 0.4) is 0 Å². The summed E-state index contributed by atoms with van der Waals surface area (Å²) in [5.74, 6) is 0.423. The number of rotatable bonds is 5. The highest BCUT2D eigenvalue weighted by Gasteiger charge is 2.16. The number of aryl methyl sites for hydroxylation is 2. The van der Waals surface area contributed by atoms with Crippen LogP contribution in [0.15, 0.2) is 18.2 Å². The number of carbonyl (C=O) groups excluding carboxylic acids is 1. The average Bonchev–Trinajstić information content (AvgIpc) is 2.79. The Labute approximate surface area is 132 Å². The molecule has 0 bridgehead atoms. The molecule has 0 saturated carbocycles. The summed E-state index contributed by atoms with van der Waals surface area (Å²) in [5, 5.41) is 1.42. The van der Waals surface area contributed by atoms with Crippen molar-refractivity contribution in [2.24, 2.45) is 0 Å². The summed E-state index contributed by atoms with van der Waals surface area (Å²) in [6, 6.07) is 5.44. The summed E-state index contributed by atoms with van der Waals surface area (Å²) in [7, 11) is 0. The molecule has 2 aromatic rings. The first kappa shape index (κ1) is 15.8. The molecule has 0 aliphatic heterocycles. The lowest BCUT2D eigenvalue weighted by molar-refractivity contribution is 0.0531. The van der Waals surface area contributed by atoms with Crippen LogP contribution in [0.25, 0.3) is 0 Å². The molecular formula is C15H16ClNO3S. The fourth-order valence-electron chi connectivity index (χ4n) is 1.81. The van der Waals surface area contributed by atoms with Gasteiger partial charge in [0.15, 0.2) is 0 Å². The molecule has 21 heavy (non-hydrogen) atoms. The van der Waals surface area contributed by atoms with Crippen LogP contribution in [0.4, 0.5) is 0 Å². The fourth-order valence-corrected chi connectivity index (χ4v) is 2.91. The van der Waals surface area contributed by atoms with E-state index in [0.29, 0.717) is 28.8 Å². The largest absolute Gasteiger partial charge is 0.486 e. The van der Waals surface area contributed by atoms with Gasteiger partial charge in [-0.3, -0.25) is 0 Å². The molecule has 0 amide bonds. The highest BCUT2D eigenvalue weighted by Crippen LogP contribution is 2.25. The second-order valence-corrected chi connectivity index (χ2v) is 5.96. The summed E-state index contributed by atoms with van der Waals surface area (Å²) in [6.07, 6.45) is 0. The zero-order chi connectivity index (χ0) is 15.4. The monoisotopic (exact) mass is 325 g/mol. The second kappa shape index (κ2) is 6.91. The molecule has 0 fully saturated rings. The van der Waals surface area contributed by atoms with E-state index in [0.717, 1.165) is 16.3 Å². The van der Waals surface area contributed by atoms with Gasteiger partial charge in [-0.1, -0.05) is 11.6 Å². The lowest BCUT2D eigenvalue weighted by Gasteiger charge is -2.07. The topological polar surface area (TPSA) is 48.4 Å². The zero-order valence-corrected chi connectivity index (χ0v) is 13.7.